The largest absolute Gasteiger partial charge is 0.477 e. The molecule has 1 atom stereocenters. The molecule has 0 aliphatic heterocycles. The van der Waals surface area contributed by atoms with Gasteiger partial charge < -0.3 is 10.1 Å². The minimum Gasteiger partial charge on any atom is -0.477 e. The standard InChI is InChI=1S/C19H20N2O5/c1-13-8-9-18(17(10-13)21(24)25)26-12-19(23)20-16(14(2)22)11-15-6-4-3-5-7-15/h3-10,16H,11-12H2,1-2H3,(H,20,23)/t16-/m1/s1. The van der Waals surface area contributed by atoms with Gasteiger partial charge >= 0.3 is 5.69 Å². The maximum atomic E-state index is 12.1. The number of nitro benzene ring substituents is 1. The van der Waals surface area contributed by atoms with Gasteiger partial charge in [0.1, 0.15) is 0 Å². The number of hydrogen-bond donors (Lipinski definition) is 1. The molecule has 136 valence electrons. The number of ether oxygens (including phenoxy) is 1. The number of hydrogen-bond acceptors (Lipinski definition) is 5. The van der Waals surface area contributed by atoms with E-state index >= 15 is 0 Å². The van der Waals surface area contributed by atoms with Gasteiger partial charge in [0.25, 0.3) is 5.91 Å². The number of nitrogens with zero attached hydrogens (tertiary/aromatic N) is 1. The molecule has 7 heteroatoms. The summed E-state index contributed by atoms with van der Waals surface area (Å²) in [4.78, 5) is 34.4. The highest BCUT2D eigenvalue weighted by molar-refractivity contribution is 5.88. The Kier molecular flexibility index (Phi) is 6.43. The van der Waals surface area contributed by atoms with E-state index in [1.807, 2.05) is 30.3 Å². The van der Waals surface area contributed by atoms with E-state index in [1.165, 1.54) is 19.1 Å². The van der Waals surface area contributed by atoms with Gasteiger partial charge in [0.05, 0.1) is 11.0 Å². The fourth-order valence-electron chi connectivity index (χ4n) is 2.42. The summed E-state index contributed by atoms with van der Waals surface area (Å²) in [5.74, 6) is -0.683. The van der Waals surface area contributed by atoms with Crippen LogP contribution in [0.5, 0.6) is 5.75 Å². The zero-order valence-corrected chi connectivity index (χ0v) is 14.6. The van der Waals surface area contributed by atoms with Crippen molar-refractivity contribution in [2.24, 2.45) is 0 Å². The van der Waals surface area contributed by atoms with Crippen molar-refractivity contribution < 1.29 is 19.2 Å². The van der Waals surface area contributed by atoms with Gasteiger partial charge in [0.2, 0.25) is 0 Å². The first-order valence-electron chi connectivity index (χ1n) is 8.08. The van der Waals surface area contributed by atoms with Crippen LogP contribution in [0.15, 0.2) is 48.5 Å². The lowest BCUT2D eigenvalue weighted by Gasteiger charge is -2.16. The van der Waals surface area contributed by atoms with E-state index in [-0.39, 0.29) is 17.2 Å². The Balaban J connectivity index is 1.99. The predicted octanol–water partition coefficient (Wildman–Crippen LogP) is 2.60. The molecule has 0 aromatic heterocycles. The lowest BCUT2D eigenvalue weighted by Crippen LogP contribution is -2.43. The SMILES string of the molecule is CC(=O)[C@@H](Cc1ccccc1)NC(=O)COc1ccc(C)cc1[N+](=O)[O-]. The van der Waals surface area contributed by atoms with Crippen LogP contribution in [0.3, 0.4) is 0 Å². The predicted molar refractivity (Wildman–Crippen MR) is 96.1 cm³/mol. The van der Waals surface area contributed by atoms with E-state index in [0.29, 0.717) is 12.0 Å². The molecular formula is C19H20N2O5. The summed E-state index contributed by atoms with van der Waals surface area (Å²) < 4.78 is 5.28. The molecule has 2 aromatic rings. The maximum absolute atomic E-state index is 12.1. The van der Waals surface area contributed by atoms with Crippen molar-refractivity contribution in [3.8, 4) is 5.75 Å². The van der Waals surface area contributed by atoms with Gasteiger partial charge in [-0.3, -0.25) is 19.7 Å². The second-order valence-electron chi connectivity index (χ2n) is 5.94. The molecule has 0 saturated heterocycles. The molecule has 0 radical (unpaired) electrons. The molecule has 26 heavy (non-hydrogen) atoms. The highest BCUT2D eigenvalue weighted by atomic mass is 16.6. The Morgan fingerprint density at radius 3 is 2.50 bits per heavy atom. The first kappa shape index (κ1) is 19.1. The van der Waals surface area contributed by atoms with Crippen molar-refractivity contribution in [3.05, 3.63) is 69.8 Å². The molecule has 2 rings (SSSR count). The molecule has 1 N–H and O–H groups in total. The van der Waals surface area contributed by atoms with Crippen LogP contribution in [0, 0.1) is 17.0 Å². The molecule has 0 heterocycles. The van der Waals surface area contributed by atoms with E-state index in [4.69, 9.17) is 4.74 Å². The van der Waals surface area contributed by atoms with Gasteiger partial charge in [-0.25, -0.2) is 0 Å². The molecule has 7 nitrogen and oxygen atoms in total. The Labute approximate surface area is 151 Å². The number of nitro groups is 1. The summed E-state index contributed by atoms with van der Waals surface area (Å²) >= 11 is 0. The zero-order valence-electron chi connectivity index (χ0n) is 14.6. The summed E-state index contributed by atoms with van der Waals surface area (Å²) in [6, 6.07) is 13.1. The van der Waals surface area contributed by atoms with Crippen LogP contribution in [0.2, 0.25) is 0 Å². The Hall–Kier alpha value is -3.22. The highest BCUT2D eigenvalue weighted by Crippen LogP contribution is 2.27. The minimum atomic E-state index is -0.679. The van der Waals surface area contributed by atoms with Crippen LogP contribution in [-0.2, 0) is 16.0 Å². The molecule has 0 saturated carbocycles. The Morgan fingerprint density at radius 1 is 1.19 bits per heavy atom. The minimum absolute atomic E-state index is 0.0122. The zero-order chi connectivity index (χ0) is 19.1. The first-order valence-corrected chi connectivity index (χ1v) is 8.08. The van der Waals surface area contributed by atoms with Gasteiger partial charge in [0.15, 0.2) is 18.1 Å². The molecular weight excluding hydrogens is 336 g/mol. The monoisotopic (exact) mass is 356 g/mol. The number of rotatable bonds is 8. The summed E-state index contributed by atoms with van der Waals surface area (Å²) in [6.45, 7) is 2.71. The number of carbonyl (C=O) groups is 2. The second kappa shape index (κ2) is 8.75. The fraction of sp³-hybridized carbons (Fsp3) is 0.263. The van der Waals surface area contributed by atoms with Gasteiger partial charge in [-0.1, -0.05) is 36.4 Å². The fourth-order valence-corrected chi connectivity index (χ4v) is 2.42. The van der Waals surface area contributed by atoms with E-state index in [9.17, 15) is 19.7 Å². The third-order valence-corrected chi connectivity index (χ3v) is 3.78. The Bertz CT molecular complexity index is 805. The summed E-state index contributed by atoms with van der Waals surface area (Å²) in [6.07, 6.45) is 0.368. The maximum Gasteiger partial charge on any atom is 0.311 e. The Morgan fingerprint density at radius 2 is 1.88 bits per heavy atom. The van der Waals surface area contributed by atoms with Crippen molar-refractivity contribution in [1.82, 2.24) is 5.32 Å². The van der Waals surface area contributed by atoms with Gasteiger partial charge in [-0.05, 0) is 37.5 Å². The lowest BCUT2D eigenvalue weighted by atomic mass is 10.0. The van der Waals surface area contributed by atoms with Crippen LogP contribution in [0.1, 0.15) is 18.1 Å². The van der Waals surface area contributed by atoms with Crippen LogP contribution >= 0.6 is 0 Å². The van der Waals surface area contributed by atoms with Crippen molar-refractivity contribution >= 4 is 17.4 Å². The molecule has 0 aliphatic rings. The van der Waals surface area contributed by atoms with Crippen LogP contribution in [0.25, 0.3) is 0 Å². The van der Waals surface area contributed by atoms with Gasteiger partial charge in [-0.2, -0.15) is 0 Å². The summed E-state index contributed by atoms with van der Waals surface area (Å²) in [7, 11) is 0. The number of aryl methyl sites for hydroxylation is 1. The summed E-state index contributed by atoms with van der Waals surface area (Å²) in [5, 5.41) is 13.7. The molecule has 2 aromatic carbocycles. The third-order valence-electron chi connectivity index (χ3n) is 3.78. The van der Waals surface area contributed by atoms with E-state index < -0.39 is 23.5 Å². The van der Waals surface area contributed by atoms with Crippen molar-refractivity contribution in [3.63, 3.8) is 0 Å². The molecule has 1 amide bonds. The average molecular weight is 356 g/mol. The molecule has 0 fully saturated rings. The molecule has 0 aliphatic carbocycles. The van der Waals surface area contributed by atoms with Gasteiger partial charge in [-0.15, -0.1) is 0 Å². The normalized spacial score (nSPS) is 11.5. The second-order valence-corrected chi connectivity index (χ2v) is 5.94. The van der Waals surface area contributed by atoms with Crippen molar-refractivity contribution in [1.29, 1.82) is 0 Å². The molecule has 0 spiro atoms. The third kappa shape index (κ3) is 5.41. The topological polar surface area (TPSA) is 98.5 Å². The number of Topliss-reactive ketones (excluding diaryl/α,β-unsaturated/α-hetero) is 1. The van der Waals surface area contributed by atoms with E-state index in [2.05, 4.69) is 5.32 Å². The van der Waals surface area contributed by atoms with Crippen LogP contribution in [-0.4, -0.2) is 29.3 Å². The van der Waals surface area contributed by atoms with Crippen LogP contribution < -0.4 is 10.1 Å². The van der Waals surface area contributed by atoms with Crippen molar-refractivity contribution in [2.45, 2.75) is 26.3 Å². The van der Waals surface area contributed by atoms with Gasteiger partial charge in [0, 0.05) is 6.07 Å². The number of benzene rings is 2. The van der Waals surface area contributed by atoms with E-state index in [1.54, 1.807) is 13.0 Å². The number of ketones is 1. The van der Waals surface area contributed by atoms with Crippen LogP contribution in [0.4, 0.5) is 5.69 Å². The van der Waals surface area contributed by atoms with E-state index in [0.717, 1.165) is 5.56 Å². The quantitative estimate of drug-likeness (QED) is 0.579. The van der Waals surface area contributed by atoms with Crippen molar-refractivity contribution in [2.75, 3.05) is 6.61 Å². The number of amides is 1. The molecule has 0 bridgehead atoms. The summed E-state index contributed by atoms with van der Waals surface area (Å²) in [5.41, 5.74) is 1.43. The smallest absolute Gasteiger partial charge is 0.311 e. The highest BCUT2D eigenvalue weighted by Gasteiger charge is 2.20. The number of carbonyl (C=O) groups excluding carboxylic acids is 2. The lowest BCUT2D eigenvalue weighted by molar-refractivity contribution is -0.385. The average Bonchev–Trinajstić information content (AvgIpc) is 2.60. The molecule has 0 unspecified atom stereocenters. The number of nitrogens with one attached hydrogen (secondary N) is 1. The first-order chi connectivity index (χ1) is 12.4.